The van der Waals surface area contributed by atoms with Gasteiger partial charge in [0, 0.05) is 41.8 Å². The Labute approximate surface area is 197 Å². The lowest BCUT2D eigenvalue weighted by molar-refractivity contribution is 0.201. The van der Waals surface area contributed by atoms with Gasteiger partial charge in [-0.3, -0.25) is 4.90 Å². The van der Waals surface area contributed by atoms with Gasteiger partial charge in [-0.1, -0.05) is 54.1 Å². The fraction of sp³-hybridized carbons (Fsp3) is 0.292. The Balaban J connectivity index is 1.41. The molecule has 8 heteroatoms. The Kier molecular flexibility index (Phi) is 6.21. The van der Waals surface area contributed by atoms with Gasteiger partial charge in [0.2, 0.25) is 0 Å². The molecule has 0 spiro atoms. The molecule has 1 fully saturated rings. The monoisotopic (exact) mass is 464 g/mol. The van der Waals surface area contributed by atoms with Gasteiger partial charge in [-0.25, -0.2) is 4.68 Å². The molecule has 2 aromatic carbocycles. The van der Waals surface area contributed by atoms with E-state index in [4.69, 9.17) is 11.6 Å². The van der Waals surface area contributed by atoms with Crippen molar-refractivity contribution in [1.82, 2.24) is 25.1 Å². The van der Waals surface area contributed by atoms with Gasteiger partial charge in [0.15, 0.2) is 5.82 Å². The van der Waals surface area contributed by atoms with Crippen LogP contribution in [0.15, 0.2) is 66.0 Å². The average Bonchev–Trinajstić information content (AvgIpc) is 3.50. The molecule has 0 radical (unpaired) electrons. The van der Waals surface area contributed by atoms with E-state index in [1.54, 1.807) is 11.3 Å². The number of aryl methyl sites for hydroxylation is 1. The van der Waals surface area contributed by atoms with Gasteiger partial charge in [-0.2, -0.15) is 0 Å². The van der Waals surface area contributed by atoms with Crippen molar-refractivity contribution >= 4 is 28.6 Å². The van der Waals surface area contributed by atoms with E-state index in [2.05, 4.69) is 92.2 Å². The lowest BCUT2D eigenvalue weighted by Crippen LogP contribution is -2.48. The number of halogens is 1. The molecule has 0 unspecified atom stereocenters. The molecular formula is C24H25ClN6S. The van der Waals surface area contributed by atoms with E-state index in [1.807, 2.05) is 10.7 Å². The molecule has 1 aliphatic heterocycles. The highest BCUT2D eigenvalue weighted by Gasteiger charge is 2.31. The number of thiophene rings is 1. The molecule has 0 bridgehead atoms. The number of anilines is 1. The van der Waals surface area contributed by atoms with E-state index in [-0.39, 0.29) is 6.04 Å². The molecule has 32 heavy (non-hydrogen) atoms. The third-order valence-electron chi connectivity index (χ3n) is 6.00. The standard InChI is InChI=1S/C24H25ClN6S/c1-18-9-10-20(25)16-22(18)29-11-13-30(14-12-29)23(19-6-3-2-4-7-19)24-26-27-28-31(24)17-21-8-5-15-32-21/h2-10,15-16,23H,11-14,17H2,1H3/t23-/m1/s1. The molecule has 2 aromatic heterocycles. The van der Waals surface area contributed by atoms with Crippen LogP contribution < -0.4 is 4.90 Å². The van der Waals surface area contributed by atoms with Gasteiger partial charge in [-0.05, 0) is 52.1 Å². The first-order chi connectivity index (χ1) is 15.7. The molecule has 1 saturated heterocycles. The Morgan fingerprint density at radius 2 is 1.81 bits per heavy atom. The molecule has 0 amide bonds. The summed E-state index contributed by atoms with van der Waals surface area (Å²) in [5.74, 6) is 0.886. The van der Waals surface area contributed by atoms with Crippen LogP contribution in [0.1, 0.15) is 27.9 Å². The van der Waals surface area contributed by atoms with E-state index >= 15 is 0 Å². The van der Waals surface area contributed by atoms with Crippen molar-refractivity contribution < 1.29 is 0 Å². The van der Waals surface area contributed by atoms with Crippen LogP contribution in [0.5, 0.6) is 0 Å². The van der Waals surface area contributed by atoms with Crippen LogP contribution in [-0.4, -0.2) is 51.3 Å². The summed E-state index contributed by atoms with van der Waals surface area (Å²) < 4.78 is 1.94. The lowest BCUT2D eigenvalue weighted by atomic mass is 10.0. The van der Waals surface area contributed by atoms with E-state index in [9.17, 15) is 0 Å². The minimum Gasteiger partial charge on any atom is -0.369 e. The highest BCUT2D eigenvalue weighted by atomic mass is 35.5. The molecule has 0 saturated carbocycles. The fourth-order valence-corrected chi connectivity index (χ4v) is 5.23. The second-order valence-corrected chi connectivity index (χ2v) is 9.51. The Hall–Kier alpha value is -2.74. The number of benzene rings is 2. The molecule has 4 aromatic rings. The van der Waals surface area contributed by atoms with Crippen molar-refractivity contribution in [3.63, 3.8) is 0 Å². The maximum Gasteiger partial charge on any atom is 0.173 e. The van der Waals surface area contributed by atoms with Crippen LogP contribution in [0.4, 0.5) is 5.69 Å². The largest absolute Gasteiger partial charge is 0.369 e. The van der Waals surface area contributed by atoms with Crippen molar-refractivity contribution in [3.05, 3.63) is 92.9 Å². The van der Waals surface area contributed by atoms with Crippen molar-refractivity contribution in [2.75, 3.05) is 31.1 Å². The van der Waals surface area contributed by atoms with Gasteiger partial charge >= 0.3 is 0 Å². The smallest absolute Gasteiger partial charge is 0.173 e. The van der Waals surface area contributed by atoms with Gasteiger partial charge in [0.05, 0.1) is 12.6 Å². The van der Waals surface area contributed by atoms with Crippen LogP contribution >= 0.6 is 22.9 Å². The number of nitrogens with zero attached hydrogens (tertiary/aromatic N) is 6. The highest BCUT2D eigenvalue weighted by Crippen LogP contribution is 2.31. The number of hydrogen-bond acceptors (Lipinski definition) is 6. The molecule has 0 N–H and O–H groups in total. The van der Waals surface area contributed by atoms with Gasteiger partial charge in [0.25, 0.3) is 0 Å². The third kappa shape index (κ3) is 4.41. The second-order valence-electron chi connectivity index (χ2n) is 8.04. The maximum absolute atomic E-state index is 6.28. The molecule has 3 heterocycles. The lowest BCUT2D eigenvalue weighted by Gasteiger charge is -2.40. The molecule has 6 nitrogen and oxygen atoms in total. The summed E-state index contributed by atoms with van der Waals surface area (Å²) in [6, 6.07) is 20.9. The Morgan fingerprint density at radius 3 is 2.56 bits per heavy atom. The predicted octanol–water partition coefficient (Wildman–Crippen LogP) is 4.66. The van der Waals surface area contributed by atoms with E-state index in [1.165, 1.54) is 21.7 Å². The predicted molar refractivity (Wildman–Crippen MR) is 129 cm³/mol. The van der Waals surface area contributed by atoms with Gasteiger partial charge in [-0.15, -0.1) is 16.4 Å². The SMILES string of the molecule is Cc1ccc(Cl)cc1N1CCN([C@H](c2ccccc2)c2nnnn2Cc2cccs2)CC1. The number of tetrazole rings is 1. The Bertz CT molecular complexity index is 1150. The molecule has 1 atom stereocenters. The molecule has 1 aliphatic rings. The van der Waals surface area contributed by atoms with Crippen LogP contribution in [0, 0.1) is 6.92 Å². The average molecular weight is 465 g/mol. The zero-order chi connectivity index (χ0) is 21.9. The van der Waals surface area contributed by atoms with Crippen molar-refractivity contribution in [3.8, 4) is 0 Å². The normalized spacial score (nSPS) is 15.8. The summed E-state index contributed by atoms with van der Waals surface area (Å²) in [5, 5.41) is 15.7. The van der Waals surface area contributed by atoms with Crippen LogP contribution in [-0.2, 0) is 6.54 Å². The summed E-state index contributed by atoms with van der Waals surface area (Å²) in [5.41, 5.74) is 3.68. The molecule has 5 rings (SSSR count). The number of hydrogen-bond donors (Lipinski definition) is 0. The van der Waals surface area contributed by atoms with Gasteiger partial charge < -0.3 is 4.90 Å². The highest BCUT2D eigenvalue weighted by molar-refractivity contribution is 7.09. The summed E-state index contributed by atoms with van der Waals surface area (Å²) in [7, 11) is 0. The fourth-order valence-electron chi connectivity index (χ4n) is 4.37. The topological polar surface area (TPSA) is 50.1 Å². The second kappa shape index (κ2) is 9.40. The number of piperazine rings is 1. The first-order valence-corrected chi connectivity index (χ1v) is 12.0. The molecule has 164 valence electrons. The van der Waals surface area contributed by atoms with E-state index in [0.717, 1.165) is 37.0 Å². The zero-order valence-corrected chi connectivity index (χ0v) is 19.5. The quantitative estimate of drug-likeness (QED) is 0.415. The summed E-state index contributed by atoms with van der Waals surface area (Å²) in [6.45, 7) is 6.51. The first kappa shape index (κ1) is 21.1. The first-order valence-electron chi connectivity index (χ1n) is 10.8. The summed E-state index contributed by atoms with van der Waals surface area (Å²) >= 11 is 8.00. The van der Waals surface area contributed by atoms with E-state index in [0.29, 0.717) is 6.54 Å². The number of rotatable bonds is 6. The van der Waals surface area contributed by atoms with Crippen molar-refractivity contribution in [2.45, 2.75) is 19.5 Å². The minimum absolute atomic E-state index is 0.00812. The van der Waals surface area contributed by atoms with Crippen LogP contribution in [0.25, 0.3) is 0 Å². The molecular weight excluding hydrogens is 440 g/mol. The van der Waals surface area contributed by atoms with Crippen molar-refractivity contribution in [1.29, 1.82) is 0 Å². The number of aromatic nitrogens is 4. The van der Waals surface area contributed by atoms with Crippen LogP contribution in [0.3, 0.4) is 0 Å². The van der Waals surface area contributed by atoms with Crippen LogP contribution in [0.2, 0.25) is 5.02 Å². The molecule has 0 aliphatic carbocycles. The van der Waals surface area contributed by atoms with E-state index < -0.39 is 0 Å². The maximum atomic E-state index is 6.28. The Morgan fingerprint density at radius 1 is 1.00 bits per heavy atom. The summed E-state index contributed by atoms with van der Waals surface area (Å²) in [4.78, 5) is 6.16. The summed E-state index contributed by atoms with van der Waals surface area (Å²) in [6.07, 6.45) is 0. The third-order valence-corrected chi connectivity index (χ3v) is 7.09. The van der Waals surface area contributed by atoms with Crippen molar-refractivity contribution in [2.24, 2.45) is 0 Å². The van der Waals surface area contributed by atoms with Gasteiger partial charge in [0.1, 0.15) is 0 Å². The zero-order valence-electron chi connectivity index (χ0n) is 17.9. The minimum atomic E-state index is 0.00812.